The minimum Gasteiger partial charge on any atom is -0.330 e. The largest absolute Gasteiger partial charge is 0.330 e. The van der Waals surface area contributed by atoms with Crippen molar-refractivity contribution in [3.8, 4) is 0 Å². The van der Waals surface area contributed by atoms with Crippen molar-refractivity contribution in [2.24, 2.45) is 17.6 Å². The Morgan fingerprint density at radius 2 is 2.22 bits per heavy atom. The Bertz CT molecular complexity index is 449. The third-order valence-corrected chi connectivity index (χ3v) is 4.66. The van der Waals surface area contributed by atoms with Crippen LogP contribution >= 0.6 is 15.9 Å². The fourth-order valence-electron chi connectivity index (χ4n) is 2.75. The van der Waals surface area contributed by atoms with Crippen LogP contribution in [0.2, 0.25) is 0 Å². The molecule has 0 heterocycles. The smallest absolute Gasteiger partial charge is 0.140 e. The van der Waals surface area contributed by atoms with Crippen LogP contribution in [0.4, 0.5) is 4.39 Å². The quantitative estimate of drug-likeness (QED) is 0.928. The van der Waals surface area contributed by atoms with E-state index in [-0.39, 0.29) is 17.5 Å². The van der Waals surface area contributed by atoms with Crippen LogP contribution in [0.15, 0.2) is 22.7 Å². The van der Waals surface area contributed by atoms with Crippen LogP contribution in [0.3, 0.4) is 0 Å². The number of nitrogens with two attached hydrogens (primary N) is 1. The molecule has 0 aliphatic heterocycles. The van der Waals surface area contributed by atoms with E-state index in [1.54, 1.807) is 12.1 Å². The van der Waals surface area contributed by atoms with Gasteiger partial charge in [-0.1, -0.05) is 18.6 Å². The summed E-state index contributed by atoms with van der Waals surface area (Å²) < 4.78 is 13.8. The molecule has 1 saturated carbocycles. The molecule has 2 atom stereocenters. The molecule has 18 heavy (non-hydrogen) atoms. The third-order valence-electron chi connectivity index (χ3n) is 3.77. The summed E-state index contributed by atoms with van der Waals surface area (Å²) in [6, 6.07) is 4.81. The number of hydrogen-bond donors (Lipinski definition) is 1. The van der Waals surface area contributed by atoms with Gasteiger partial charge in [0.15, 0.2) is 0 Å². The molecule has 0 aromatic heterocycles. The maximum Gasteiger partial charge on any atom is 0.140 e. The number of halogens is 2. The first-order valence-corrected chi connectivity index (χ1v) is 7.08. The second-order valence-corrected chi connectivity index (χ2v) is 5.68. The average Bonchev–Trinajstić information content (AvgIpc) is 2.83. The van der Waals surface area contributed by atoms with Crippen molar-refractivity contribution in [3.05, 3.63) is 34.1 Å². The molecule has 0 bridgehead atoms. The lowest BCUT2D eigenvalue weighted by molar-refractivity contribution is -0.123. The zero-order valence-corrected chi connectivity index (χ0v) is 11.7. The molecule has 0 spiro atoms. The fraction of sp³-hybridized carbons (Fsp3) is 0.500. The molecule has 2 N–H and O–H groups in total. The Labute approximate surface area is 115 Å². The molecule has 1 aromatic carbocycles. The molecule has 4 heteroatoms. The summed E-state index contributed by atoms with van der Waals surface area (Å²) in [5.74, 6) is 0.242. The van der Waals surface area contributed by atoms with Crippen molar-refractivity contribution >= 4 is 21.7 Å². The summed E-state index contributed by atoms with van der Waals surface area (Å²) in [6.45, 7) is 0.570. The van der Waals surface area contributed by atoms with Crippen LogP contribution in [0.5, 0.6) is 0 Å². The number of ketones is 1. The van der Waals surface area contributed by atoms with Gasteiger partial charge in [0.05, 0.1) is 4.47 Å². The summed E-state index contributed by atoms with van der Waals surface area (Å²) in [5.41, 5.74) is 6.41. The second-order valence-electron chi connectivity index (χ2n) is 4.89. The third kappa shape index (κ3) is 2.81. The van der Waals surface area contributed by atoms with Crippen LogP contribution < -0.4 is 5.73 Å². The van der Waals surface area contributed by atoms with Gasteiger partial charge < -0.3 is 5.73 Å². The SMILES string of the molecule is NCC1CCCC1C(=O)Cc1cccc(F)c1Br. The van der Waals surface area contributed by atoms with E-state index in [1.807, 2.05) is 0 Å². The monoisotopic (exact) mass is 313 g/mol. The van der Waals surface area contributed by atoms with E-state index < -0.39 is 0 Å². The van der Waals surface area contributed by atoms with Crippen LogP contribution in [-0.4, -0.2) is 12.3 Å². The number of carbonyl (C=O) groups excluding carboxylic acids is 1. The Morgan fingerprint density at radius 1 is 1.44 bits per heavy atom. The number of Topliss-reactive ketones (excluding diaryl/α,β-unsaturated/α-hetero) is 1. The Morgan fingerprint density at radius 3 is 2.94 bits per heavy atom. The van der Waals surface area contributed by atoms with Gasteiger partial charge in [0.25, 0.3) is 0 Å². The van der Waals surface area contributed by atoms with Gasteiger partial charge in [0.2, 0.25) is 0 Å². The van der Waals surface area contributed by atoms with Crippen molar-refractivity contribution in [2.75, 3.05) is 6.54 Å². The minimum atomic E-state index is -0.318. The molecule has 1 fully saturated rings. The van der Waals surface area contributed by atoms with Crippen LogP contribution in [-0.2, 0) is 11.2 Å². The van der Waals surface area contributed by atoms with Gasteiger partial charge in [-0.05, 0) is 52.9 Å². The maximum absolute atomic E-state index is 13.4. The van der Waals surface area contributed by atoms with E-state index in [4.69, 9.17) is 5.73 Å². The van der Waals surface area contributed by atoms with Crippen molar-refractivity contribution in [1.29, 1.82) is 0 Å². The van der Waals surface area contributed by atoms with Gasteiger partial charge in [0.1, 0.15) is 11.6 Å². The minimum absolute atomic E-state index is 0.0603. The van der Waals surface area contributed by atoms with E-state index in [0.717, 1.165) is 24.8 Å². The fourth-order valence-corrected chi connectivity index (χ4v) is 3.15. The Kier molecular flexibility index (Phi) is 4.51. The normalized spacial score (nSPS) is 23.3. The van der Waals surface area contributed by atoms with Gasteiger partial charge in [0, 0.05) is 12.3 Å². The lowest BCUT2D eigenvalue weighted by Crippen LogP contribution is -2.26. The lowest BCUT2D eigenvalue weighted by atomic mass is 9.89. The van der Waals surface area contributed by atoms with Gasteiger partial charge in [-0.15, -0.1) is 0 Å². The molecule has 2 rings (SSSR count). The summed E-state index contributed by atoms with van der Waals surface area (Å²) in [7, 11) is 0. The molecular weight excluding hydrogens is 297 g/mol. The first kappa shape index (κ1) is 13.7. The van der Waals surface area contributed by atoms with E-state index in [1.165, 1.54) is 6.07 Å². The Balaban J connectivity index is 2.09. The van der Waals surface area contributed by atoms with Gasteiger partial charge >= 0.3 is 0 Å². The van der Waals surface area contributed by atoms with Gasteiger partial charge in [-0.25, -0.2) is 4.39 Å². The van der Waals surface area contributed by atoms with Crippen LogP contribution in [0.25, 0.3) is 0 Å². The molecule has 98 valence electrons. The molecule has 1 aliphatic carbocycles. The van der Waals surface area contributed by atoms with E-state index in [9.17, 15) is 9.18 Å². The number of hydrogen-bond acceptors (Lipinski definition) is 2. The highest BCUT2D eigenvalue weighted by atomic mass is 79.9. The number of rotatable bonds is 4. The predicted octanol–water partition coefficient (Wildman–Crippen LogP) is 3.07. The lowest BCUT2D eigenvalue weighted by Gasteiger charge is -2.16. The molecule has 2 nitrogen and oxygen atoms in total. The molecule has 0 saturated heterocycles. The molecular formula is C14H17BrFNO. The van der Waals surface area contributed by atoms with Crippen molar-refractivity contribution < 1.29 is 9.18 Å². The van der Waals surface area contributed by atoms with Crippen molar-refractivity contribution in [2.45, 2.75) is 25.7 Å². The average molecular weight is 314 g/mol. The van der Waals surface area contributed by atoms with Crippen LogP contribution in [0.1, 0.15) is 24.8 Å². The van der Waals surface area contributed by atoms with E-state index in [0.29, 0.717) is 23.4 Å². The first-order valence-electron chi connectivity index (χ1n) is 6.29. The maximum atomic E-state index is 13.4. The van der Waals surface area contributed by atoms with E-state index >= 15 is 0 Å². The highest BCUT2D eigenvalue weighted by molar-refractivity contribution is 9.10. The molecule has 1 aromatic rings. The molecule has 2 unspecified atom stereocenters. The number of benzene rings is 1. The van der Waals surface area contributed by atoms with Crippen LogP contribution in [0, 0.1) is 17.7 Å². The van der Waals surface area contributed by atoms with Gasteiger partial charge in [-0.3, -0.25) is 4.79 Å². The topological polar surface area (TPSA) is 43.1 Å². The second kappa shape index (κ2) is 5.93. The summed E-state index contributed by atoms with van der Waals surface area (Å²) in [4.78, 5) is 12.2. The first-order chi connectivity index (χ1) is 8.63. The summed E-state index contributed by atoms with van der Waals surface area (Å²) in [6.07, 6.45) is 3.33. The standard InChI is InChI=1S/C14H17BrFNO/c15-14-9(3-2-6-12(14)16)7-13(18)11-5-1-4-10(11)8-17/h2-3,6,10-11H,1,4-5,7-8,17H2. The zero-order valence-electron chi connectivity index (χ0n) is 10.2. The van der Waals surface area contributed by atoms with Crippen molar-refractivity contribution in [1.82, 2.24) is 0 Å². The molecule has 0 radical (unpaired) electrons. The summed E-state index contributed by atoms with van der Waals surface area (Å²) >= 11 is 3.20. The van der Waals surface area contributed by atoms with Gasteiger partial charge in [-0.2, -0.15) is 0 Å². The highest BCUT2D eigenvalue weighted by Gasteiger charge is 2.31. The summed E-state index contributed by atoms with van der Waals surface area (Å²) in [5, 5.41) is 0. The highest BCUT2D eigenvalue weighted by Crippen LogP contribution is 2.33. The molecule has 0 amide bonds. The number of carbonyl (C=O) groups is 1. The Hall–Kier alpha value is -0.740. The van der Waals surface area contributed by atoms with E-state index in [2.05, 4.69) is 15.9 Å². The molecule has 1 aliphatic rings. The zero-order chi connectivity index (χ0) is 13.1. The van der Waals surface area contributed by atoms with Crippen molar-refractivity contribution in [3.63, 3.8) is 0 Å². The predicted molar refractivity (Wildman–Crippen MR) is 72.7 cm³/mol.